The van der Waals surface area contributed by atoms with Gasteiger partial charge in [0.05, 0.1) is 17.5 Å². The van der Waals surface area contributed by atoms with E-state index in [1.54, 1.807) is 6.07 Å². The Labute approximate surface area is 119 Å². The second-order valence-corrected chi connectivity index (χ2v) is 5.50. The summed E-state index contributed by atoms with van der Waals surface area (Å²) in [6.45, 7) is 2.34. The van der Waals surface area contributed by atoms with Crippen molar-refractivity contribution in [3.8, 4) is 11.5 Å². The minimum Gasteiger partial charge on any atom is -0.504 e. The number of benzene rings is 1. The molecular formula is C13H16BrNO4. The fraction of sp³-hybridized carbons (Fsp3) is 0.462. The van der Waals surface area contributed by atoms with Gasteiger partial charge in [-0.25, -0.2) is 0 Å². The van der Waals surface area contributed by atoms with E-state index in [1.807, 2.05) is 6.92 Å². The summed E-state index contributed by atoms with van der Waals surface area (Å²) in [5.74, 6) is -0.713. The van der Waals surface area contributed by atoms with Crippen LogP contribution in [0.25, 0.3) is 0 Å². The molecule has 1 aromatic rings. The van der Waals surface area contributed by atoms with Crippen LogP contribution in [0, 0.1) is 12.8 Å². The van der Waals surface area contributed by atoms with Crippen LogP contribution in [0.3, 0.4) is 0 Å². The Kier molecular flexibility index (Phi) is 4.01. The van der Waals surface area contributed by atoms with Crippen LogP contribution in [0.2, 0.25) is 0 Å². The van der Waals surface area contributed by atoms with Gasteiger partial charge in [0, 0.05) is 12.6 Å². The summed E-state index contributed by atoms with van der Waals surface area (Å²) in [5, 5.41) is 22.1. The number of methoxy groups -OCH3 is 1. The van der Waals surface area contributed by atoms with Crippen molar-refractivity contribution in [2.75, 3.05) is 13.7 Å². The number of phenols is 1. The molecule has 2 atom stereocenters. The average molecular weight is 330 g/mol. The van der Waals surface area contributed by atoms with Crippen molar-refractivity contribution in [2.45, 2.75) is 19.4 Å². The van der Waals surface area contributed by atoms with Gasteiger partial charge in [-0.2, -0.15) is 0 Å². The predicted octanol–water partition coefficient (Wildman–Crippen LogP) is 2.21. The van der Waals surface area contributed by atoms with Gasteiger partial charge in [-0.05, 0) is 46.5 Å². The molecule has 1 heterocycles. The van der Waals surface area contributed by atoms with Crippen LogP contribution >= 0.6 is 15.9 Å². The van der Waals surface area contributed by atoms with Crippen molar-refractivity contribution in [1.82, 2.24) is 5.32 Å². The molecule has 0 spiro atoms. The molecule has 0 aromatic heterocycles. The van der Waals surface area contributed by atoms with Gasteiger partial charge in [0.15, 0.2) is 11.5 Å². The number of rotatable bonds is 3. The highest BCUT2D eigenvalue weighted by Crippen LogP contribution is 2.43. The number of aryl methyl sites for hydroxylation is 1. The minimum atomic E-state index is -0.783. The van der Waals surface area contributed by atoms with Crippen molar-refractivity contribution in [3.63, 3.8) is 0 Å². The molecule has 0 amide bonds. The molecule has 104 valence electrons. The third-order valence-corrected chi connectivity index (χ3v) is 4.27. The maximum absolute atomic E-state index is 11.0. The lowest BCUT2D eigenvalue weighted by atomic mass is 9.96. The van der Waals surface area contributed by atoms with Gasteiger partial charge in [-0.3, -0.25) is 4.79 Å². The van der Waals surface area contributed by atoms with Crippen LogP contribution < -0.4 is 10.1 Å². The molecule has 0 bridgehead atoms. The standard InChI is InChI=1S/C13H16BrNO4/c1-6-3-9(16)12(19-2)11(14)10(6)8-4-7(5-15-8)13(17)18/h3,7-8,15-16H,4-5H2,1-2H3,(H,17,18). The van der Waals surface area contributed by atoms with Crippen LogP contribution in [0.4, 0.5) is 0 Å². The number of ether oxygens (including phenoxy) is 1. The maximum Gasteiger partial charge on any atom is 0.307 e. The van der Waals surface area contributed by atoms with Gasteiger partial charge >= 0.3 is 5.97 Å². The topological polar surface area (TPSA) is 78.8 Å². The number of phenolic OH excluding ortho intramolecular Hbond substituents is 1. The number of nitrogens with one attached hydrogen (secondary N) is 1. The van der Waals surface area contributed by atoms with Crippen LogP contribution in [-0.2, 0) is 4.79 Å². The second-order valence-electron chi connectivity index (χ2n) is 4.71. The summed E-state index contributed by atoms with van der Waals surface area (Å²) < 4.78 is 5.84. The molecule has 6 heteroatoms. The van der Waals surface area contributed by atoms with E-state index in [0.717, 1.165) is 11.1 Å². The number of carbonyl (C=O) groups is 1. The van der Waals surface area contributed by atoms with Crippen LogP contribution in [0.1, 0.15) is 23.6 Å². The van der Waals surface area contributed by atoms with Gasteiger partial charge in [-0.15, -0.1) is 0 Å². The number of hydrogen-bond donors (Lipinski definition) is 3. The Morgan fingerprint density at radius 1 is 1.58 bits per heavy atom. The number of aliphatic carboxylic acids is 1. The summed E-state index contributed by atoms with van der Waals surface area (Å²) in [4.78, 5) is 11.0. The van der Waals surface area contributed by atoms with Crippen molar-refractivity contribution in [3.05, 3.63) is 21.7 Å². The zero-order valence-electron chi connectivity index (χ0n) is 10.7. The highest BCUT2D eigenvalue weighted by Gasteiger charge is 2.33. The van der Waals surface area contributed by atoms with E-state index >= 15 is 0 Å². The molecule has 2 unspecified atom stereocenters. The Bertz CT molecular complexity index is 518. The van der Waals surface area contributed by atoms with E-state index < -0.39 is 5.97 Å². The zero-order chi connectivity index (χ0) is 14.2. The quantitative estimate of drug-likeness (QED) is 0.792. The first-order chi connectivity index (χ1) is 8.95. The van der Waals surface area contributed by atoms with E-state index in [4.69, 9.17) is 9.84 Å². The normalized spacial score (nSPS) is 22.5. The van der Waals surface area contributed by atoms with Crippen molar-refractivity contribution in [1.29, 1.82) is 0 Å². The fourth-order valence-electron chi connectivity index (χ4n) is 2.52. The van der Waals surface area contributed by atoms with E-state index in [1.165, 1.54) is 7.11 Å². The zero-order valence-corrected chi connectivity index (χ0v) is 12.3. The molecule has 0 saturated carbocycles. The smallest absolute Gasteiger partial charge is 0.307 e. The summed E-state index contributed by atoms with van der Waals surface area (Å²) in [6.07, 6.45) is 0.530. The van der Waals surface area contributed by atoms with Crippen LogP contribution in [0.5, 0.6) is 11.5 Å². The Morgan fingerprint density at radius 2 is 2.26 bits per heavy atom. The summed E-state index contributed by atoms with van der Waals surface area (Å²) in [7, 11) is 1.49. The highest BCUT2D eigenvalue weighted by atomic mass is 79.9. The largest absolute Gasteiger partial charge is 0.504 e. The Morgan fingerprint density at radius 3 is 2.79 bits per heavy atom. The molecule has 1 fully saturated rings. The molecule has 0 radical (unpaired) electrons. The third kappa shape index (κ3) is 2.55. The first-order valence-electron chi connectivity index (χ1n) is 5.97. The molecule has 1 aliphatic rings. The van der Waals surface area contributed by atoms with E-state index in [2.05, 4.69) is 21.2 Å². The molecule has 19 heavy (non-hydrogen) atoms. The molecule has 1 aromatic carbocycles. The summed E-state index contributed by atoms with van der Waals surface area (Å²) in [5.41, 5.74) is 1.84. The number of halogens is 1. The van der Waals surface area contributed by atoms with Gasteiger partial charge in [-0.1, -0.05) is 0 Å². The van der Waals surface area contributed by atoms with Gasteiger partial charge in [0.1, 0.15) is 0 Å². The molecule has 5 nitrogen and oxygen atoms in total. The van der Waals surface area contributed by atoms with Crippen molar-refractivity contribution >= 4 is 21.9 Å². The van der Waals surface area contributed by atoms with E-state index in [9.17, 15) is 9.90 Å². The van der Waals surface area contributed by atoms with Crippen molar-refractivity contribution < 1.29 is 19.7 Å². The van der Waals surface area contributed by atoms with Gasteiger partial charge in [0.25, 0.3) is 0 Å². The molecule has 1 aliphatic heterocycles. The lowest BCUT2D eigenvalue weighted by molar-refractivity contribution is -0.141. The lowest BCUT2D eigenvalue weighted by Gasteiger charge is -2.19. The number of aromatic hydroxyl groups is 1. The molecule has 3 N–H and O–H groups in total. The Hall–Kier alpha value is -1.27. The number of carboxylic acids is 1. The van der Waals surface area contributed by atoms with Crippen LogP contribution in [-0.4, -0.2) is 29.8 Å². The van der Waals surface area contributed by atoms with Crippen molar-refractivity contribution in [2.24, 2.45) is 5.92 Å². The second kappa shape index (κ2) is 5.38. The van der Waals surface area contributed by atoms with Gasteiger partial charge in [0.2, 0.25) is 0 Å². The monoisotopic (exact) mass is 329 g/mol. The third-order valence-electron chi connectivity index (χ3n) is 3.48. The van der Waals surface area contributed by atoms with Gasteiger partial charge < -0.3 is 20.3 Å². The fourth-order valence-corrected chi connectivity index (χ4v) is 3.48. The number of hydrogen-bond acceptors (Lipinski definition) is 4. The first-order valence-corrected chi connectivity index (χ1v) is 6.77. The number of carboxylic acid groups (broad SMARTS) is 1. The molecular weight excluding hydrogens is 314 g/mol. The first kappa shape index (κ1) is 14.1. The summed E-state index contributed by atoms with van der Waals surface area (Å²) >= 11 is 3.44. The lowest BCUT2D eigenvalue weighted by Crippen LogP contribution is -2.17. The molecule has 1 saturated heterocycles. The Balaban J connectivity index is 2.38. The van der Waals surface area contributed by atoms with E-state index in [0.29, 0.717) is 23.2 Å². The predicted molar refractivity (Wildman–Crippen MR) is 73.6 cm³/mol. The minimum absolute atomic E-state index is 0.0509. The average Bonchev–Trinajstić information content (AvgIpc) is 2.78. The highest BCUT2D eigenvalue weighted by molar-refractivity contribution is 9.10. The summed E-state index contributed by atoms with van der Waals surface area (Å²) in [6, 6.07) is 1.58. The molecule has 2 rings (SSSR count). The maximum atomic E-state index is 11.0. The van der Waals surface area contributed by atoms with E-state index in [-0.39, 0.29) is 17.7 Å². The molecule has 0 aliphatic carbocycles. The SMILES string of the molecule is COc1c(O)cc(C)c(C2CC(C(=O)O)CN2)c1Br. The van der Waals surface area contributed by atoms with Crippen LogP contribution in [0.15, 0.2) is 10.5 Å².